The molecule has 1 atom stereocenters. The van der Waals surface area contributed by atoms with Gasteiger partial charge in [0.1, 0.15) is 5.69 Å². The van der Waals surface area contributed by atoms with Gasteiger partial charge in [-0.15, -0.1) is 0 Å². The molecule has 25 heavy (non-hydrogen) atoms. The van der Waals surface area contributed by atoms with Gasteiger partial charge in [-0.05, 0) is 48.6 Å². The lowest BCUT2D eigenvalue weighted by Crippen LogP contribution is -2.30. The van der Waals surface area contributed by atoms with Crippen LogP contribution in [0.2, 0.25) is 0 Å². The maximum Gasteiger partial charge on any atom is 0.335 e. The normalized spacial score (nSPS) is 17.2. The Balaban J connectivity index is 1.62. The van der Waals surface area contributed by atoms with E-state index in [2.05, 4.69) is 0 Å². The van der Waals surface area contributed by atoms with Crippen molar-refractivity contribution in [3.63, 3.8) is 0 Å². The number of rotatable bonds is 5. The third kappa shape index (κ3) is 3.70. The zero-order chi connectivity index (χ0) is 18.0. The summed E-state index contributed by atoms with van der Waals surface area (Å²) >= 11 is 0. The summed E-state index contributed by atoms with van der Waals surface area (Å²) in [7, 11) is 0. The fourth-order valence-corrected chi connectivity index (χ4v) is 3.21. The minimum atomic E-state index is -2.74. The molecular weight excluding hydrogens is 330 g/mol. The second-order valence-corrected chi connectivity index (χ2v) is 6.19. The number of likely N-dealkylation sites (tertiary alicyclic amines) is 1. The number of amides is 1. The Bertz CT molecular complexity index is 771. The van der Waals surface area contributed by atoms with Crippen LogP contribution in [0.3, 0.4) is 0 Å². The molecule has 1 saturated heterocycles. The molecule has 0 spiro atoms. The monoisotopic (exact) mass is 348 g/mol. The van der Waals surface area contributed by atoms with Gasteiger partial charge in [-0.1, -0.05) is 12.1 Å². The van der Waals surface area contributed by atoms with Gasteiger partial charge in [0.2, 0.25) is 0 Å². The number of aromatic nitrogens is 1. The molecule has 0 bridgehead atoms. The predicted molar refractivity (Wildman–Crippen MR) is 86.8 cm³/mol. The van der Waals surface area contributed by atoms with Crippen LogP contribution in [0.25, 0.3) is 0 Å². The van der Waals surface area contributed by atoms with Crippen molar-refractivity contribution in [2.24, 2.45) is 5.92 Å². The Morgan fingerprint density at radius 2 is 1.92 bits per heavy atom. The number of carbonyl (C=O) groups excluding carboxylic acids is 1. The molecule has 7 heteroatoms. The first kappa shape index (κ1) is 17.1. The molecule has 2 aromatic rings. The van der Waals surface area contributed by atoms with Crippen molar-refractivity contribution in [2.45, 2.75) is 19.4 Å². The highest BCUT2D eigenvalue weighted by Crippen LogP contribution is 2.24. The minimum absolute atomic E-state index is 0.00135. The molecule has 1 unspecified atom stereocenters. The van der Waals surface area contributed by atoms with Crippen LogP contribution in [-0.4, -0.2) is 39.5 Å². The Labute approximate surface area is 143 Å². The third-order valence-corrected chi connectivity index (χ3v) is 4.51. The average Bonchev–Trinajstić information content (AvgIpc) is 3.24. The Morgan fingerprint density at radius 1 is 1.20 bits per heavy atom. The van der Waals surface area contributed by atoms with E-state index in [1.165, 1.54) is 18.3 Å². The number of nitrogens with zero attached hydrogens (tertiary/aromatic N) is 2. The number of benzene rings is 1. The SMILES string of the molecule is O=C(O)c1ccc(CC2CCN(C(=O)c3cccn3C(F)F)C2)cc1. The first-order valence-electron chi connectivity index (χ1n) is 8.02. The Kier molecular flexibility index (Phi) is 4.83. The van der Waals surface area contributed by atoms with E-state index in [1.807, 2.05) is 0 Å². The molecule has 0 saturated carbocycles. The average molecular weight is 348 g/mol. The summed E-state index contributed by atoms with van der Waals surface area (Å²) in [5.41, 5.74) is 1.24. The quantitative estimate of drug-likeness (QED) is 0.902. The van der Waals surface area contributed by atoms with Gasteiger partial charge >= 0.3 is 12.5 Å². The van der Waals surface area contributed by atoms with Crippen molar-refractivity contribution in [3.8, 4) is 0 Å². The van der Waals surface area contributed by atoms with Crippen LogP contribution in [0, 0.1) is 5.92 Å². The van der Waals surface area contributed by atoms with Gasteiger partial charge < -0.3 is 10.0 Å². The van der Waals surface area contributed by atoms with Crippen molar-refractivity contribution in [3.05, 3.63) is 59.4 Å². The summed E-state index contributed by atoms with van der Waals surface area (Å²) in [6, 6.07) is 9.52. The number of hydrogen-bond donors (Lipinski definition) is 1. The Hall–Kier alpha value is -2.70. The molecule has 1 aliphatic rings. The van der Waals surface area contributed by atoms with Crippen molar-refractivity contribution >= 4 is 11.9 Å². The third-order valence-electron chi connectivity index (χ3n) is 4.51. The molecule has 0 radical (unpaired) electrons. The molecule has 2 heterocycles. The predicted octanol–water partition coefficient (Wildman–Crippen LogP) is 3.29. The second kappa shape index (κ2) is 7.04. The summed E-state index contributed by atoms with van der Waals surface area (Å²) < 4.78 is 26.5. The second-order valence-electron chi connectivity index (χ2n) is 6.19. The highest BCUT2D eigenvalue weighted by Gasteiger charge is 2.29. The summed E-state index contributed by atoms with van der Waals surface area (Å²) in [6.45, 7) is -1.70. The highest BCUT2D eigenvalue weighted by molar-refractivity contribution is 5.93. The number of hydrogen-bond acceptors (Lipinski definition) is 2. The smallest absolute Gasteiger partial charge is 0.335 e. The highest BCUT2D eigenvalue weighted by atomic mass is 19.3. The van der Waals surface area contributed by atoms with Crippen molar-refractivity contribution in [2.75, 3.05) is 13.1 Å². The lowest BCUT2D eigenvalue weighted by molar-refractivity contribution is 0.0579. The number of halogens is 2. The van der Waals surface area contributed by atoms with E-state index in [1.54, 1.807) is 29.2 Å². The zero-order valence-corrected chi connectivity index (χ0v) is 13.4. The van der Waals surface area contributed by atoms with E-state index in [0.717, 1.165) is 18.4 Å². The molecule has 3 rings (SSSR count). The number of carboxylic acid groups (broad SMARTS) is 1. The van der Waals surface area contributed by atoms with Crippen LogP contribution >= 0.6 is 0 Å². The Morgan fingerprint density at radius 3 is 2.56 bits per heavy atom. The molecule has 0 aliphatic carbocycles. The van der Waals surface area contributed by atoms with Gasteiger partial charge in [0.05, 0.1) is 5.56 Å². The molecule has 1 aliphatic heterocycles. The van der Waals surface area contributed by atoms with Gasteiger partial charge in [0.15, 0.2) is 0 Å². The lowest BCUT2D eigenvalue weighted by Gasteiger charge is -2.18. The maximum atomic E-state index is 12.9. The van der Waals surface area contributed by atoms with E-state index in [-0.39, 0.29) is 23.1 Å². The number of alkyl halides is 2. The van der Waals surface area contributed by atoms with Crippen LogP contribution in [0.4, 0.5) is 8.78 Å². The lowest BCUT2D eigenvalue weighted by atomic mass is 9.98. The molecule has 1 fully saturated rings. The summed E-state index contributed by atoms with van der Waals surface area (Å²) in [4.78, 5) is 24.9. The first-order valence-corrected chi connectivity index (χ1v) is 8.02. The van der Waals surface area contributed by atoms with Crippen LogP contribution in [0.15, 0.2) is 42.6 Å². The summed E-state index contributed by atoms with van der Waals surface area (Å²) in [6.07, 6.45) is 2.72. The maximum absolute atomic E-state index is 12.9. The molecule has 5 nitrogen and oxygen atoms in total. The minimum Gasteiger partial charge on any atom is -0.478 e. The summed E-state index contributed by atoms with van der Waals surface area (Å²) in [5, 5.41) is 8.91. The van der Waals surface area contributed by atoms with Crippen molar-refractivity contribution < 1.29 is 23.5 Å². The molecule has 132 valence electrons. The topological polar surface area (TPSA) is 62.5 Å². The molecule has 1 aromatic carbocycles. The van der Waals surface area contributed by atoms with E-state index in [9.17, 15) is 18.4 Å². The number of carbonyl (C=O) groups is 2. The van der Waals surface area contributed by atoms with Crippen LogP contribution < -0.4 is 0 Å². The first-order chi connectivity index (χ1) is 12.0. The molecule has 1 amide bonds. The summed E-state index contributed by atoms with van der Waals surface area (Å²) in [5.74, 6) is -1.12. The van der Waals surface area contributed by atoms with Crippen LogP contribution in [0.1, 0.15) is 39.4 Å². The number of carboxylic acids is 1. The standard InChI is InChI=1S/C18H18F2N2O3/c19-18(20)22-8-1-2-15(22)16(23)21-9-7-13(11-21)10-12-3-5-14(6-4-12)17(24)25/h1-6,8,13,18H,7,9-11H2,(H,24,25). The number of aromatic carboxylic acids is 1. The van der Waals surface area contributed by atoms with Crippen molar-refractivity contribution in [1.82, 2.24) is 9.47 Å². The van der Waals surface area contributed by atoms with Crippen LogP contribution in [-0.2, 0) is 6.42 Å². The van der Waals surface area contributed by atoms with E-state index < -0.39 is 12.5 Å². The zero-order valence-electron chi connectivity index (χ0n) is 13.4. The largest absolute Gasteiger partial charge is 0.478 e. The molecular formula is C18H18F2N2O3. The molecule has 1 aromatic heterocycles. The fourth-order valence-electron chi connectivity index (χ4n) is 3.21. The van der Waals surface area contributed by atoms with Gasteiger partial charge in [-0.25, -0.2) is 4.79 Å². The van der Waals surface area contributed by atoms with Gasteiger partial charge in [0, 0.05) is 19.3 Å². The fraction of sp³-hybridized carbons (Fsp3) is 0.333. The van der Waals surface area contributed by atoms with Gasteiger partial charge in [-0.3, -0.25) is 9.36 Å². The van der Waals surface area contributed by atoms with E-state index in [4.69, 9.17) is 5.11 Å². The van der Waals surface area contributed by atoms with Crippen molar-refractivity contribution in [1.29, 1.82) is 0 Å². The van der Waals surface area contributed by atoms with Gasteiger partial charge in [-0.2, -0.15) is 8.78 Å². The van der Waals surface area contributed by atoms with E-state index >= 15 is 0 Å². The molecule has 1 N–H and O–H groups in total. The van der Waals surface area contributed by atoms with E-state index in [0.29, 0.717) is 17.7 Å². The van der Waals surface area contributed by atoms with Gasteiger partial charge in [0.25, 0.3) is 5.91 Å². The van der Waals surface area contributed by atoms with Crippen LogP contribution in [0.5, 0.6) is 0 Å².